The van der Waals surface area contributed by atoms with Crippen LogP contribution in [0.15, 0.2) is 89.8 Å². The van der Waals surface area contributed by atoms with Crippen molar-refractivity contribution in [2.24, 2.45) is 0 Å². The number of ether oxygens (including phenoxy) is 1. The van der Waals surface area contributed by atoms with Crippen LogP contribution in [0.1, 0.15) is 10.8 Å². The van der Waals surface area contributed by atoms with Crippen LogP contribution in [0.2, 0.25) is 0 Å². The molecule has 0 heterocycles. The summed E-state index contributed by atoms with van der Waals surface area (Å²) in [5.41, 5.74) is 1.69. The number of hydrogen-bond acceptors (Lipinski definition) is 3. The van der Waals surface area contributed by atoms with Gasteiger partial charge < -0.3 is 10.1 Å². The molecule has 0 aliphatic heterocycles. The summed E-state index contributed by atoms with van der Waals surface area (Å²) in [6, 6.07) is 27.1. The number of nitrogens with one attached hydrogen (secondary N) is 1. The van der Waals surface area contributed by atoms with Crippen LogP contribution in [-0.4, -0.2) is 13.0 Å². The first-order valence-electron chi connectivity index (χ1n) is 7.98. The van der Waals surface area contributed by atoms with Crippen LogP contribution in [0.5, 0.6) is 5.75 Å². The van der Waals surface area contributed by atoms with Crippen molar-refractivity contribution in [3.63, 3.8) is 0 Å². The van der Waals surface area contributed by atoms with Crippen LogP contribution in [0.3, 0.4) is 0 Å². The van der Waals surface area contributed by atoms with Gasteiger partial charge in [0.25, 0.3) is 0 Å². The number of hydrogen-bond donors (Lipinski definition) is 1. The highest BCUT2D eigenvalue weighted by atomic mass is 32.2. The number of methoxy groups -OCH3 is 1. The van der Waals surface area contributed by atoms with Crippen LogP contribution in [0, 0.1) is 0 Å². The monoisotopic (exact) mass is 349 g/mol. The third kappa shape index (κ3) is 4.64. The third-order valence-corrected chi connectivity index (χ3v) is 4.94. The number of rotatable bonds is 6. The zero-order chi connectivity index (χ0) is 17.5. The Morgan fingerprint density at radius 1 is 0.920 bits per heavy atom. The molecular formula is C21H19NO2S. The average molecular weight is 349 g/mol. The van der Waals surface area contributed by atoms with Gasteiger partial charge in [-0.15, -0.1) is 11.8 Å². The van der Waals surface area contributed by atoms with Crippen molar-refractivity contribution in [2.45, 2.75) is 10.1 Å². The van der Waals surface area contributed by atoms with Gasteiger partial charge in [0.1, 0.15) is 11.0 Å². The second kappa shape index (κ2) is 8.40. The highest BCUT2D eigenvalue weighted by molar-refractivity contribution is 8.00. The van der Waals surface area contributed by atoms with E-state index in [2.05, 4.69) is 5.32 Å². The average Bonchev–Trinajstić information content (AvgIpc) is 2.67. The van der Waals surface area contributed by atoms with E-state index in [0.29, 0.717) is 5.75 Å². The minimum absolute atomic E-state index is 0.0618. The largest absolute Gasteiger partial charge is 0.497 e. The molecule has 0 aliphatic carbocycles. The number of benzene rings is 3. The summed E-state index contributed by atoms with van der Waals surface area (Å²) in [7, 11) is 1.61. The quantitative estimate of drug-likeness (QED) is 0.624. The van der Waals surface area contributed by atoms with Crippen molar-refractivity contribution in [3.8, 4) is 5.75 Å². The lowest BCUT2D eigenvalue weighted by molar-refractivity contribution is -0.115. The van der Waals surface area contributed by atoms with Crippen LogP contribution in [0.4, 0.5) is 5.69 Å². The molecule has 1 amide bonds. The van der Waals surface area contributed by atoms with E-state index in [0.717, 1.165) is 16.1 Å². The van der Waals surface area contributed by atoms with Crippen molar-refractivity contribution in [1.29, 1.82) is 0 Å². The fourth-order valence-corrected chi connectivity index (χ4v) is 3.49. The summed E-state index contributed by atoms with van der Waals surface area (Å²) in [6.07, 6.45) is 0. The van der Waals surface area contributed by atoms with E-state index in [1.807, 2.05) is 84.9 Å². The van der Waals surface area contributed by atoms with Crippen LogP contribution >= 0.6 is 11.8 Å². The van der Waals surface area contributed by atoms with Crippen molar-refractivity contribution in [2.75, 3.05) is 12.4 Å². The molecule has 0 spiro atoms. The fourth-order valence-electron chi connectivity index (χ4n) is 2.44. The standard InChI is InChI=1S/C21H19NO2S/c1-24-18-12-8-11-17(15-18)22-21(23)20(16-9-4-2-5-10-16)25-19-13-6-3-7-14-19/h2-15,20H,1H3,(H,22,23). The van der Waals surface area contributed by atoms with Gasteiger partial charge in [0.05, 0.1) is 7.11 Å². The maximum Gasteiger partial charge on any atom is 0.242 e. The number of thioether (sulfide) groups is 1. The van der Waals surface area contributed by atoms with E-state index >= 15 is 0 Å². The first-order chi connectivity index (χ1) is 12.3. The van der Waals surface area contributed by atoms with Crippen LogP contribution in [-0.2, 0) is 4.79 Å². The Morgan fingerprint density at radius 3 is 2.28 bits per heavy atom. The van der Waals surface area contributed by atoms with E-state index in [1.165, 1.54) is 11.8 Å². The molecule has 3 nitrogen and oxygen atoms in total. The molecule has 3 aromatic rings. The maximum absolute atomic E-state index is 12.9. The van der Waals surface area contributed by atoms with Crippen LogP contribution in [0.25, 0.3) is 0 Å². The Hall–Kier alpha value is -2.72. The molecular weight excluding hydrogens is 330 g/mol. The minimum Gasteiger partial charge on any atom is -0.497 e. The van der Waals surface area contributed by atoms with E-state index in [9.17, 15) is 4.79 Å². The summed E-state index contributed by atoms with van der Waals surface area (Å²) in [5.74, 6) is 0.651. The molecule has 3 rings (SSSR count). The summed E-state index contributed by atoms with van der Waals surface area (Å²) in [5, 5.41) is 2.66. The van der Waals surface area contributed by atoms with Crippen molar-refractivity contribution in [1.82, 2.24) is 0 Å². The molecule has 0 aliphatic rings. The Kier molecular flexibility index (Phi) is 5.75. The summed E-state index contributed by atoms with van der Waals surface area (Å²) in [4.78, 5) is 14.0. The lowest BCUT2D eigenvalue weighted by Crippen LogP contribution is -2.19. The molecule has 4 heteroatoms. The Bertz CT molecular complexity index is 822. The van der Waals surface area contributed by atoms with Crippen molar-refractivity contribution >= 4 is 23.4 Å². The predicted molar refractivity (Wildman–Crippen MR) is 103 cm³/mol. The summed E-state index contributed by atoms with van der Waals surface area (Å²) in [6.45, 7) is 0. The topological polar surface area (TPSA) is 38.3 Å². The van der Waals surface area contributed by atoms with E-state index in [-0.39, 0.29) is 11.2 Å². The first-order valence-corrected chi connectivity index (χ1v) is 8.86. The number of carbonyl (C=O) groups is 1. The number of amides is 1. The van der Waals surface area contributed by atoms with Crippen LogP contribution < -0.4 is 10.1 Å². The van der Waals surface area contributed by atoms with Crippen molar-refractivity contribution < 1.29 is 9.53 Å². The second-order valence-corrected chi connectivity index (χ2v) is 6.62. The van der Waals surface area contributed by atoms with E-state index in [4.69, 9.17) is 4.74 Å². The van der Waals surface area contributed by atoms with Crippen molar-refractivity contribution in [3.05, 3.63) is 90.5 Å². The van der Waals surface area contributed by atoms with E-state index in [1.54, 1.807) is 7.11 Å². The molecule has 1 atom stereocenters. The van der Waals surface area contributed by atoms with Gasteiger partial charge in [0, 0.05) is 16.6 Å². The van der Waals surface area contributed by atoms with Gasteiger partial charge in [-0.3, -0.25) is 4.79 Å². The van der Waals surface area contributed by atoms with Gasteiger partial charge in [0.15, 0.2) is 0 Å². The van der Waals surface area contributed by atoms with Gasteiger partial charge in [-0.2, -0.15) is 0 Å². The summed E-state index contributed by atoms with van der Waals surface area (Å²) >= 11 is 1.54. The number of carbonyl (C=O) groups excluding carboxylic acids is 1. The maximum atomic E-state index is 12.9. The molecule has 0 aromatic heterocycles. The minimum atomic E-state index is -0.338. The molecule has 0 fully saturated rings. The molecule has 126 valence electrons. The molecule has 25 heavy (non-hydrogen) atoms. The van der Waals surface area contributed by atoms with E-state index < -0.39 is 0 Å². The SMILES string of the molecule is COc1cccc(NC(=O)C(Sc2ccccc2)c2ccccc2)c1. The van der Waals surface area contributed by atoms with Gasteiger partial charge in [-0.1, -0.05) is 54.6 Å². The molecule has 1 N–H and O–H groups in total. The molecule has 1 unspecified atom stereocenters. The Morgan fingerprint density at radius 2 is 1.60 bits per heavy atom. The molecule has 0 saturated heterocycles. The van der Waals surface area contributed by atoms with Gasteiger partial charge in [0.2, 0.25) is 5.91 Å². The first kappa shape index (κ1) is 17.1. The third-order valence-electron chi connectivity index (χ3n) is 3.67. The zero-order valence-corrected chi connectivity index (χ0v) is 14.7. The molecule has 0 saturated carbocycles. The van der Waals surface area contributed by atoms with Gasteiger partial charge in [-0.05, 0) is 29.8 Å². The normalized spacial score (nSPS) is 11.6. The fraction of sp³-hybridized carbons (Fsp3) is 0.0952. The molecule has 0 bridgehead atoms. The summed E-state index contributed by atoms with van der Waals surface area (Å²) < 4.78 is 5.22. The molecule has 3 aromatic carbocycles. The van der Waals surface area contributed by atoms with Gasteiger partial charge >= 0.3 is 0 Å². The van der Waals surface area contributed by atoms with Gasteiger partial charge in [-0.25, -0.2) is 0 Å². The number of anilines is 1. The zero-order valence-electron chi connectivity index (χ0n) is 13.9. The Labute approximate surface area is 152 Å². The highest BCUT2D eigenvalue weighted by Gasteiger charge is 2.22. The lowest BCUT2D eigenvalue weighted by atomic mass is 10.1. The molecule has 0 radical (unpaired) electrons. The Balaban J connectivity index is 1.84. The highest BCUT2D eigenvalue weighted by Crippen LogP contribution is 2.36. The lowest BCUT2D eigenvalue weighted by Gasteiger charge is -2.17. The second-order valence-electron chi connectivity index (χ2n) is 5.44. The smallest absolute Gasteiger partial charge is 0.242 e. The predicted octanol–water partition coefficient (Wildman–Crippen LogP) is 5.17.